The fourth-order valence-corrected chi connectivity index (χ4v) is 2.37. The Balaban J connectivity index is 2.30. The summed E-state index contributed by atoms with van der Waals surface area (Å²) >= 11 is 1.51. The molecule has 0 spiro atoms. The summed E-state index contributed by atoms with van der Waals surface area (Å²) in [5.41, 5.74) is 0. The molecule has 1 aromatic heterocycles. The zero-order chi connectivity index (χ0) is 13.4. The molecular weight excluding hydrogens is 250 g/mol. The zero-order valence-electron chi connectivity index (χ0n) is 10.9. The molecule has 0 saturated carbocycles. The molecule has 1 rings (SSSR count). The summed E-state index contributed by atoms with van der Waals surface area (Å²) < 4.78 is 0. The molecule has 18 heavy (non-hydrogen) atoms. The van der Waals surface area contributed by atoms with Gasteiger partial charge in [0.2, 0.25) is 0 Å². The van der Waals surface area contributed by atoms with Crippen molar-refractivity contribution in [1.82, 2.24) is 10.3 Å². The Bertz CT molecular complexity index is 368. The number of hydrogen-bond donors (Lipinski definition) is 3. The van der Waals surface area contributed by atoms with Gasteiger partial charge in [-0.1, -0.05) is 20.3 Å². The Kier molecular flexibility index (Phi) is 6.67. The molecule has 0 aliphatic carbocycles. The highest BCUT2D eigenvalue weighted by molar-refractivity contribution is 7.15. The molecule has 0 aromatic carbocycles. The van der Waals surface area contributed by atoms with Gasteiger partial charge in [-0.25, -0.2) is 9.78 Å². The highest BCUT2D eigenvalue weighted by Gasteiger charge is 2.07. The van der Waals surface area contributed by atoms with Crippen LogP contribution in [0.25, 0.3) is 0 Å². The van der Waals surface area contributed by atoms with E-state index in [4.69, 9.17) is 5.11 Å². The standard InChI is InChI=1S/C12H21N3O2S/c1-3-4-10-8-14-12(18-10)15-11(17)13-7-9(2)5-6-16/h8-9,16H,3-7H2,1-2H3,(H2,13,14,15,17). The van der Waals surface area contributed by atoms with Crippen molar-refractivity contribution in [3.05, 3.63) is 11.1 Å². The van der Waals surface area contributed by atoms with Crippen LogP contribution in [0.5, 0.6) is 0 Å². The minimum atomic E-state index is -0.239. The predicted molar refractivity (Wildman–Crippen MR) is 74.0 cm³/mol. The number of hydrogen-bond acceptors (Lipinski definition) is 4. The predicted octanol–water partition coefficient (Wildman–Crippen LogP) is 2.24. The highest BCUT2D eigenvalue weighted by atomic mass is 32.1. The molecule has 1 aromatic rings. The number of nitrogens with one attached hydrogen (secondary N) is 2. The van der Waals surface area contributed by atoms with Crippen LogP contribution in [0.2, 0.25) is 0 Å². The third-order valence-electron chi connectivity index (χ3n) is 2.50. The normalized spacial score (nSPS) is 12.2. The molecule has 102 valence electrons. The summed E-state index contributed by atoms with van der Waals surface area (Å²) in [6, 6.07) is -0.239. The first kappa shape index (κ1) is 14.9. The average Bonchev–Trinajstić information content (AvgIpc) is 2.75. The van der Waals surface area contributed by atoms with E-state index in [0.29, 0.717) is 18.1 Å². The average molecular weight is 271 g/mol. The number of carbonyl (C=O) groups is 1. The van der Waals surface area contributed by atoms with E-state index in [0.717, 1.165) is 12.8 Å². The monoisotopic (exact) mass is 271 g/mol. The topological polar surface area (TPSA) is 74.2 Å². The lowest BCUT2D eigenvalue weighted by atomic mass is 10.1. The number of thiazole rings is 1. The number of nitrogens with zero attached hydrogens (tertiary/aromatic N) is 1. The first-order chi connectivity index (χ1) is 8.65. The molecule has 1 unspecified atom stereocenters. The number of aliphatic hydroxyl groups excluding tert-OH is 1. The highest BCUT2D eigenvalue weighted by Crippen LogP contribution is 2.19. The fourth-order valence-electron chi connectivity index (χ4n) is 1.46. The smallest absolute Gasteiger partial charge is 0.321 e. The van der Waals surface area contributed by atoms with Gasteiger partial charge in [-0.05, 0) is 18.8 Å². The van der Waals surface area contributed by atoms with Gasteiger partial charge in [0, 0.05) is 24.2 Å². The number of aromatic nitrogens is 1. The Morgan fingerprint density at radius 2 is 2.39 bits per heavy atom. The Morgan fingerprint density at radius 1 is 1.61 bits per heavy atom. The second-order valence-electron chi connectivity index (χ2n) is 4.33. The van der Waals surface area contributed by atoms with Crippen LogP contribution in [0.1, 0.15) is 31.6 Å². The second kappa shape index (κ2) is 8.05. The molecule has 0 saturated heterocycles. The quantitative estimate of drug-likeness (QED) is 0.712. The number of urea groups is 1. The van der Waals surface area contributed by atoms with Crippen LogP contribution in [0.4, 0.5) is 9.93 Å². The van der Waals surface area contributed by atoms with Crippen LogP contribution in [-0.4, -0.2) is 29.3 Å². The lowest BCUT2D eigenvalue weighted by Gasteiger charge is -2.10. The first-order valence-corrected chi connectivity index (χ1v) is 7.07. The lowest BCUT2D eigenvalue weighted by Crippen LogP contribution is -2.32. The van der Waals surface area contributed by atoms with Gasteiger partial charge in [0.15, 0.2) is 5.13 Å². The van der Waals surface area contributed by atoms with Gasteiger partial charge in [0.1, 0.15) is 0 Å². The molecule has 2 amide bonds. The van der Waals surface area contributed by atoms with Crippen LogP contribution < -0.4 is 10.6 Å². The molecule has 0 aliphatic rings. The summed E-state index contributed by atoms with van der Waals surface area (Å²) in [4.78, 5) is 16.9. The SMILES string of the molecule is CCCc1cnc(NC(=O)NCC(C)CCO)s1. The maximum absolute atomic E-state index is 11.6. The summed E-state index contributed by atoms with van der Waals surface area (Å²) in [6.45, 7) is 4.80. The van der Waals surface area contributed by atoms with Crippen molar-refractivity contribution in [3.63, 3.8) is 0 Å². The number of amides is 2. The molecular formula is C12H21N3O2S. The third kappa shape index (κ3) is 5.46. The molecule has 3 N–H and O–H groups in total. The van der Waals surface area contributed by atoms with Crippen LogP contribution >= 0.6 is 11.3 Å². The molecule has 0 fully saturated rings. The molecule has 1 heterocycles. The van der Waals surface area contributed by atoms with Gasteiger partial charge in [-0.3, -0.25) is 5.32 Å². The van der Waals surface area contributed by atoms with Crippen LogP contribution in [0, 0.1) is 5.92 Å². The van der Waals surface area contributed by atoms with E-state index in [2.05, 4.69) is 22.5 Å². The van der Waals surface area contributed by atoms with Crippen molar-refractivity contribution >= 4 is 22.5 Å². The maximum Gasteiger partial charge on any atom is 0.321 e. The number of anilines is 1. The fraction of sp³-hybridized carbons (Fsp3) is 0.667. The number of aryl methyl sites for hydroxylation is 1. The van der Waals surface area contributed by atoms with Crippen molar-refractivity contribution in [2.24, 2.45) is 5.92 Å². The van der Waals surface area contributed by atoms with E-state index in [-0.39, 0.29) is 18.6 Å². The summed E-state index contributed by atoms with van der Waals surface area (Å²) in [6.07, 6.45) is 4.57. The molecule has 0 radical (unpaired) electrons. The van der Waals surface area contributed by atoms with Gasteiger partial charge in [0.05, 0.1) is 0 Å². The van der Waals surface area contributed by atoms with Crippen LogP contribution in [-0.2, 0) is 6.42 Å². The molecule has 0 aliphatic heterocycles. The first-order valence-electron chi connectivity index (χ1n) is 6.26. The largest absolute Gasteiger partial charge is 0.396 e. The van der Waals surface area contributed by atoms with Crippen molar-refractivity contribution in [1.29, 1.82) is 0 Å². The van der Waals surface area contributed by atoms with Crippen molar-refractivity contribution in [3.8, 4) is 0 Å². The molecule has 6 heteroatoms. The van der Waals surface area contributed by atoms with Crippen molar-refractivity contribution in [2.45, 2.75) is 33.1 Å². The number of rotatable bonds is 7. The van der Waals surface area contributed by atoms with Gasteiger partial charge in [0.25, 0.3) is 0 Å². The summed E-state index contributed by atoms with van der Waals surface area (Å²) in [7, 11) is 0. The van der Waals surface area contributed by atoms with Crippen LogP contribution in [0.3, 0.4) is 0 Å². The lowest BCUT2D eigenvalue weighted by molar-refractivity contribution is 0.243. The van der Waals surface area contributed by atoms with E-state index >= 15 is 0 Å². The van der Waals surface area contributed by atoms with Gasteiger partial charge >= 0.3 is 6.03 Å². The van der Waals surface area contributed by atoms with E-state index in [1.165, 1.54) is 16.2 Å². The van der Waals surface area contributed by atoms with E-state index in [1.54, 1.807) is 6.20 Å². The Labute approximate surface area is 112 Å². The van der Waals surface area contributed by atoms with E-state index in [1.807, 2.05) is 6.92 Å². The molecule has 0 bridgehead atoms. The van der Waals surface area contributed by atoms with Gasteiger partial charge in [-0.15, -0.1) is 11.3 Å². The van der Waals surface area contributed by atoms with Gasteiger partial charge < -0.3 is 10.4 Å². The number of carbonyl (C=O) groups excluding carboxylic acids is 1. The molecule has 1 atom stereocenters. The van der Waals surface area contributed by atoms with Crippen molar-refractivity contribution in [2.75, 3.05) is 18.5 Å². The van der Waals surface area contributed by atoms with Crippen molar-refractivity contribution < 1.29 is 9.90 Å². The minimum absolute atomic E-state index is 0.150. The Hall–Kier alpha value is -1.14. The van der Waals surface area contributed by atoms with Gasteiger partial charge in [-0.2, -0.15) is 0 Å². The van der Waals surface area contributed by atoms with E-state index < -0.39 is 0 Å². The van der Waals surface area contributed by atoms with Crippen LogP contribution in [0.15, 0.2) is 6.20 Å². The van der Waals surface area contributed by atoms with E-state index in [9.17, 15) is 4.79 Å². The summed E-state index contributed by atoms with van der Waals surface area (Å²) in [5, 5.41) is 14.9. The number of aliphatic hydroxyl groups is 1. The second-order valence-corrected chi connectivity index (χ2v) is 5.45. The third-order valence-corrected chi connectivity index (χ3v) is 3.48. The Morgan fingerprint density at radius 3 is 3.06 bits per heavy atom. The summed E-state index contributed by atoms with van der Waals surface area (Å²) in [5.74, 6) is 0.271. The minimum Gasteiger partial charge on any atom is -0.396 e. The zero-order valence-corrected chi connectivity index (χ0v) is 11.7. The maximum atomic E-state index is 11.6. The molecule has 5 nitrogen and oxygen atoms in total.